The molecule has 1 atom stereocenters. The molecule has 148 valence electrons. The van der Waals surface area contributed by atoms with Crippen molar-refractivity contribution in [2.24, 2.45) is 0 Å². The first kappa shape index (κ1) is 20.0. The Bertz CT molecular complexity index is 960. The van der Waals surface area contributed by atoms with E-state index in [-0.39, 0.29) is 17.5 Å². The molecule has 2 aromatic rings. The van der Waals surface area contributed by atoms with Crippen LogP contribution in [0.25, 0.3) is 0 Å². The number of benzene rings is 2. The molecule has 1 saturated heterocycles. The van der Waals surface area contributed by atoms with Crippen molar-refractivity contribution in [2.45, 2.75) is 30.7 Å². The monoisotopic (exact) mass is 401 g/mol. The van der Waals surface area contributed by atoms with Crippen molar-refractivity contribution in [1.29, 1.82) is 0 Å². The van der Waals surface area contributed by atoms with E-state index in [1.54, 1.807) is 48.5 Å². The van der Waals surface area contributed by atoms with E-state index >= 15 is 0 Å². The predicted molar refractivity (Wildman–Crippen MR) is 106 cm³/mol. The highest BCUT2D eigenvalue weighted by Crippen LogP contribution is 2.25. The van der Waals surface area contributed by atoms with Gasteiger partial charge in [-0.05, 0) is 49.6 Å². The zero-order valence-corrected chi connectivity index (χ0v) is 16.4. The summed E-state index contributed by atoms with van der Waals surface area (Å²) in [6.45, 7) is 2.37. The number of hydrogen-bond donors (Lipinski definition) is 2. The second-order valence-corrected chi connectivity index (χ2v) is 8.65. The number of hydrogen-bond acceptors (Lipinski definition) is 4. The molecule has 0 aliphatic carbocycles. The first-order chi connectivity index (χ1) is 13.4. The second-order valence-electron chi connectivity index (χ2n) is 6.76. The van der Waals surface area contributed by atoms with Gasteiger partial charge in [-0.1, -0.05) is 30.3 Å². The van der Waals surface area contributed by atoms with Gasteiger partial charge in [-0.15, -0.1) is 0 Å². The first-order valence-corrected chi connectivity index (χ1v) is 10.5. The van der Waals surface area contributed by atoms with Gasteiger partial charge in [-0.25, -0.2) is 8.42 Å². The molecular formula is C20H23N3O4S. The lowest BCUT2D eigenvalue weighted by Gasteiger charge is -2.24. The van der Waals surface area contributed by atoms with Gasteiger partial charge in [0.25, 0.3) is 0 Å². The molecular weight excluding hydrogens is 378 g/mol. The van der Waals surface area contributed by atoms with Gasteiger partial charge >= 0.3 is 11.8 Å². The smallest absolute Gasteiger partial charge is 0.313 e. The molecule has 1 aliphatic rings. The van der Waals surface area contributed by atoms with Crippen LogP contribution in [-0.4, -0.2) is 43.7 Å². The van der Waals surface area contributed by atoms with Crippen molar-refractivity contribution >= 4 is 27.5 Å². The summed E-state index contributed by atoms with van der Waals surface area (Å²) in [5.74, 6) is -1.56. The van der Waals surface area contributed by atoms with Gasteiger partial charge in [0, 0.05) is 24.8 Å². The predicted octanol–water partition coefficient (Wildman–Crippen LogP) is 1.90. The lowest BCUT2D eigenvalue weighted by atomic mass is 10.2. The molecule has 2 aromatic carbocycles. The highest BCUT2D eigenvalue weighted by Gasteiger charge is 2.35. The summed E-state index contributed by atoms with van der Waals surface area (Å²) in [4.78, 5) is 24.4. The standard InChI is InChI=1S/C20H23N3O4S/c1-15-7-5-8-16(13-15)22-20(25)19(24)21-14-17-9-6-12-23(17)28(26,27)18-10-3-2-4-11-18/h2-5,7-8,10-11,13,17H,6,9,12,14H2,1H3,(H,21,24)(H,22,25)/t17-/m1/s1. The van der Waals surface area contributed by atoms with Crippen LogP contribution in [0.3, 0.4) is 0 Å². The zero-order chi connectivity index (χ0) is 20.1. The summed E-state index contributed by atoms with van der Waals surface area (Å²) >= 11 is 0. The summed E-state index contributed by atoms with van der Waals surface area (Å²) in [5.41, 5.74) is 1.50. The maximum absolute atomic E-state index is 12.8. The molecule has 1 aliphatic heterocycles. The summed E-state index contributed by atoms with van der Waals surface area (Å²) in [5, 5.41) is 5.10. The van der Waals surface area contributed by atoms with Gasteiger partial charge in [0.2, 0.25) is 10.0 Å². The fraction of sp³-hybridized carbons (Fsp3) is 0.300. The van der Waals surface area contributed by atoms with E-state index in [0.29, 0.717) is 25.1 Å². The third kappa shape index (κ3) is 4.58. The minimum Gasteiger partial charge on any atom is -0.346 e. The minimum atomic E-state index is -3.63. The van der Waals surface area contributed by atoms with E-state index < -0.39 is 21.8 Å². The van der Waals surface area contributed by atoms with Crippen LogP contribution in [0.5, 0.6) is 0 Å². The summed E-state index contributed by atoms with van der Waals surface area (Å²) in [7, 11) is -3.63. The van der Waals surface area contributed by atoms with Gasteiger partial charge in [-0.3, -0.25) is 9.59 Å². The third-order valence-electron chi connectivity index (χ3n) is 4.65. The van der Waals surface area contributed by atoms with Gasteiger partial charge in [0.1, 0.15) is 0 Å². The molecule has 1 heterocycles. The molecule has 0 aromatic heterocycles. The fourth-order valence-electron chi connectivity index (χ4n) is 3.26. The highest BCUT2D eigenvalue weighted by atomic mass is 32.2. The molecule has 8 heteroatoms. The van der Waals surface area contributed by atoms with Crippen LogP contribution in [0.1, 0.15) is 18.4 Å². The normalized spacial score (nSPS) is 17.2. The molecule has 0 unspecified atom stereocenters. The average molecular weight is 401 g/mol. The van der Waals surface area contributed by atoms with E-state index in [0.717, 1.165) is 5.56 Å². The molecule has 3 rings (SSSR count). The van der Waals surface area contributed by atoms with Crippen LogP contribution in [0.2, 0.25) is 0 Å². The summed E-state index contributed by atoms with van der Waals surface area (Å²) < 4.78 is 27.1. The van der Waals surface area contributed by atoms with Crippen LogP contribution < -0.4 is 10.6 Å². The SMILES string of the molecule is Cc1cccc(NC(=O)C(=O)NC[C@H]2CCCN2S(=O)(=O)c2ccccc2)c1. The van der Waals surface area contributed by atoms with Crippen LogP contribution in [0.4, 0.5) is 5.69 Å². The Kier molecular flexibility index (Phi) is 6.11. The minimum absolute atomic E-state index is 0.0894. The van der Waals surface area contributed by atoms with E-state index in [1.165, 1.54) is 4.31 Å². The van der Waals surface area contributed by atoms with Gasteiger partial charge in [0.05, 0.1) is 4.90 Å². The number of carbonyl (C=O) groups is 2. The molecule has 2 N–H and O–H groups in total. The topological polar surface area (TPSA) is 95.6 Å². The first-order valence-electron chi connectivity index (χ1n) is 9.10. The van der Waals surface area contributed by atoms with Crippen molar-refractivity contribution in [3.05, 3.63) is 60.2 Å². The quantitative estimate of drug-likeness (QED) is 0.748. The van der Waals surface area contributed by atoms with E-state index in [4.69, 9.17) is 0 Å². The Morgan fingerprint density at radius 2 is 1.82 bits per heavy atom. The number of nitrogens with zero attached hydrogens (tertiary/aromatic N) is 1. The van der Waals surface area contributed by atoms with Crippen molar-refractivity contribution in [3.63, 3.8) is 0 Å². The zero-order valence-electron chi connectivity index (χ0n) is 15.6. The van der Waals surface area contributed by atoms with Gasteiger partial charge in [0.15, 0.2) is 0 Å². The molecule has 0 saturated carbocycles. The third-order valence-corrected chi connectivity index (χ3v) is 6.62. The number of nitrogens with one attached hydrogen (secondary N) is 2. The van der Waals surface area contributed by atoms with Gasteiger partial charge < -0.3 is 10.6 Å². The van der Waals surface area contributed by atoms with E-state index in [1.807, 2.05) is 13.0 Å². The molecule has 0 spiro atoms. The maximum atomic E-state index is 12.8. The Balaban J connectivity index is 1.60. The van der Waals surface area contributed by atoms with Crippen LogP contribution >= 0.6 is 0 Å². The molecule has 0 bridgehead atoms. The van der Waals surface area contributed by atoms with Crippen LogP contribution in [0, 0.1) is 6.92 Å². The molecule has 2 amide bonds. The molecule has 7 nitrogen and oxygen atoms in total. The lowest BCUT2D eigenvalue weighted by Crippen LogP contribution is -2.45. The Labute approximate surface area is 164 Å². The van der Waals surface area contributed by atoms with E-state index in [9.17, 15) is 18.0 Å². The maximum Gasteiger partial charge on any atom is 0.313 e. The molecule has 0 radical (unpaired) electrons. The Morgan fingerprint density at radius 1 is 1.07 bits per heavy atom. The van der Waals surface area contributed by atoms with Gasteiger partial charge in [-0.2, -0.15) is 4.31 Å². The number of anilines is 1. The number of aryl methyl sites for hydroxylation is 1. The largest absolute Gasteiger partial charge is 0.346 e. The number of sulfonamides is 1. The van der Waals surface area contributed by atoms with Crippen molar-refractivity contribution < 1.29 is 18.0 Å². The number of carbonyl (C=O) groups excluding carboxylic acids is 2. The lowest BCUT2D eigenvalue weighted by molar-refractivity contribution is -0.136. The van der Waals surface area contributed by atoms with Crippen LogP contribution in [0.15, 0.2) is 59.5 Å². The Hall–Kier alpha value is -2.71. The Morgan fingerprint density at radius 3 is 2.54 bits per heavy atom. The van der Waals surface area contributed by atoms with Crippen molar-refractivity contribution in [2.75, 3.05) is 18.4 Å². The van der Waals surface area contributed by atoms with E-state index in [2.05, 4.69) is 10.6 Å². The van der Waals surface area contributed by atoms with Crippen molar-refractivity contribution in [1.82, 2.24) is 9.62 Å². The number of rotatable bonds is 5. The molecule has 28 heavy (non-hydrogen) atoms. The fourth-order valence-corrected chi connectivity index (χ4v) is 4.97. The molecule has 1 fully saturated rings. The highest BCUT2D eigenvalue weighted by molar-refractivity contribution is 7.89. The number of amides is 2. The van der Waals surface area contributed by atoms with Crippen LogP contribution in [-0.2, 0) is 19.6 Å². The van der Waals surface area contributed by atoms with Crippen molar-refractivity contribution in [3.8, 4) is 0 Å². The average Bonchev–Trinajstić information content (AvgIpc) is 3.16. The second kappa shape index (κ2) is 8.53. The summed E-state index contributed by atoms with van der Waals surface area (Å²) in [6.07, 6.45) is 1.34. The summed E-state index contributed by atoms with van der Waals surface area (Å²) in [6, 6.07) is 15.0.